The Morgan fingerprint density at radius 2 is 1.58 bits per heavy atom. The van der Waals surface area contributed by atoms with Gasteiger partial charge in [0, 0.05) is 6.92 Å². The average molecular weight is 308 g/mol. The number of hydrogen-bond donors (Lipinski definition) is 1. The van der Waals surface area contributed by atoms with Crippen molar-refractivity contribution in [1.82, 2.24) is 0 Å². The molecule has 0 radical (unpaired) electrons. The van der Waals surface area contributed by atoms with Crippen molar-refractivity contribution < 1.29 is 30.9 Å². The van der Waals surface area contributed by atoms with Gasteiger partial charge in [-0.25, -0.2) is 8.42 Å². The van der Waals surface area contributed by atoms with Gasteiger partial charge in [0.1, 0.15) is 6.61 Å². The Morgan fingerprint density at radius 1 is 1.11 bits per heavy atom. The molecule has 0 aliphatic rings. The van der Waals surface area contributed by atoms with Crippen molar-refractivity contribution >= 4 is 25.9 Å². The minimum atomic E-state index is -4.36. The Bertz CT molecular complexity index is 656. The van der Waals surface area contributed by atoms with Gasteiger partial charge < -0.3 is 4.74 Å². The van der Waals surface area contributed by atoms with E-state index in [0.29, 0.717) is 0 Å². The highest BCUT2D eigenvalue weighted by Gasteiger charge is 2.16. The van der Waals surface area contributed by atoms with E-state index in [1.54, 1.807) is 0 Å². The fourth-order valence-corrected chi connectivity index (χ4v) is 2.80. The van der Waals surface area contributed by atoms with Gasteiger partial charge in [-0.2, -0.15) is 8.42 Å². The van der Waals surface area contributed by atoms with E-state index in [-0.39, 0.29) is 11.5 Å². The number of esters is 1. The molecule has 0 fully saturated rings. The van der Waals surface area contributed by atoms with Gasteiger partial charge in [0.15, 0.2) is 9.84 Å². The molecule has 0 saturated carbocycles. The number of hydrogen-bond acceptors (Lipinski definition) is 6. The number of sulfone groups is 1. The van der Waals surface area contributed by atoms with Crippen molar-refractivity contribution in [3.8, 4) is 0 Å². The fraction of sp³-hybridized carbons (Fsp3) is 0.300. The lowest BCUT2D eigenvalue weighted by molar-refractivity contribution is -0.140. The van der Waals surface area contributed by atoms with Gasteiger partial charge in [-0.1, -0.05) is 0 Å². The Kier molecular flexibility index (Phi) is 4.66. The number of rotatable bonds is 5. The van der Waals surface area contributed by atoms with Crippen molar-refractivity contribution in [3.05, 3.63) is 24.3 Å². The molecule has 0 saturated heterocycles. The van der Waals surface area contributed by atoms with Crippen LogP contribution < -0.4 is 0 Å². The van der Waals surface area contributed by atoms with Crippen LogP contribution >= 0.6 is 0 Å². The highest BCUT2D eigenvalue weighted by molar-refractivity contribution is 7.91. The molecule has 1 aromatic rings. The molecule has 106 valence electrons. The first kappa shape index (κ1) is 15.6. The van der Waals surface area contributed by atoms with Crippen LogP contribution in [0.3, 0.4) is 0 Å². The van der Waals surface area contributed by atoms with Gasteiger partial charge in [0.2, 0.25) is 0 Å². The molecule has 0 bridgehead atoms. The highest BCUT2D eigenvalue weighted by atomic mass is 32.2. The second-order valence-corrected chi connectivity index (χ2v) is 7.14. The number of ether oxygens (including phenoxy) is 1. The van der Waals surface area contributed by atoms with Crippen LogP contribution in [-0.2, 0) is 29.5 Å². The van der Waals surface area contributed by atoms with Crippen molar-refractivity contribution in [1.29, 1.82) is 0 Å². The Morgan fingerprint density at radius 3 is 2.00 bits per heavy atom. The lowest BCUT2D eigenvalue weighted by Gasteiger charge is -2.05. The molecule has 7 nitrogen and oxygen atoms in total. The Hall–Kier alpha value is -1.45. The van der Waals surface area contributed by atoms with Gasteiger partial charge in [-0.15, -0.1) is 0 Å². The summed E-state index contributed by atoms with van der Waals surface area (Å²) in [7, 11) is -8.03. The van der Waals surface area contributed by atoms with Crippen LogP contribution in [0.1, 0.15) is 6.92 Å². The molecule has 1 N–H and O–H groups in total. The minimum Gasteiger partial charge on any atom is -0.465 e. The molecule has 9 heteroatoms. The Labute approximate surface area is 110 Å². The first-order chi connectivity index (χ1) is 8.63. The minimum absolute atomic E-state index is 0.118. The molecule has 0 heterocycles. The third-order valence-corrected chi connectivity index (χ3v) is 4.70. The SMILES string of the molecule is CC(=O)OCCS(=O)(=O)c1ccc(S(=O)(=O)O)cc1. The molecule has 0 amide bonds. The zero-order valence-corrected chi connectivity index (χ0v) is 11.6. The van der Waals surface area contributed by atoms with Crippen molar-refractivity contribution in [3.63, 3.8) is 0 Å². The van der Waals surface area contributed by atoms with E-state index in [1.807, 2.05) is 0 Å². The predicted octanol–water partition coefficient (Wildman–Crippen LogP) is 0.270. The van der Waals surface area contributed by atoms with Gasteiger partial charge in [-0.05, 0) is 24.3 Å². The molecule has 19 heavy (non-hydrogen) atoms. The zero-order valence-electron chi connectivity index (χ0n) is 9.94. The third-order valence-electron chi connectivity index (χ3n) is 2.14. The van der Waals surface area contributed by atoms with Crippen LogP contribution in [0, 0.1) is 0 Å². The van der Waals surface area contributed by atoms with E-state index < -0.39 is 36.6 Å². The average Bonchev–Trinajstić information content (AvgIpc) is 2.27. The largest absolute Gasteiger partial charge is 0.465 e. The van der Waals surface area contributed by atoms with Gasteiger partial charge in [0.05, 0.1) is 15.5 Å². The summed E-state index contributed by atoms with van der Waals surface area (Å²) in [5.41, 5.74) is 0. The van der Waals surface area contributed by atoms with Crippen LogP contribution in [0.4, 0.5) is 0 Å². The molecule has 1 aromatic carbocycles. The van der Waals surface area contributed by atoms with Crippen LogP contribution in [0.15, 0.2) is 34.1 Å². The molecule has 0 aromatic heterocycles. The van der Waals surface area contributed by atoms with Gasteiger partial charge in [0.25, 0.3) is 10.1 Å². The van der Waals surface area contributed by atoms with E-state index in [0.717, 1.165) is 31.2 Å². The summed E-state index contributed by atoms with van der Waals surface area (Å²) >= 11 is 0. The predicted molar refractivity (Wildman–Crippen MR) is 64.9 cm³/mol. The molecular formula is C10H12O7S2. The van der Waals surface area contributed by atoms with Crippen molar-refractivity contribution in [2.75, 3.05) is 12.4 Å². The van der Waals surface area contributed by atoms with Crippen molar-refractivity contribution in [2.45, 2.75) is 16.7 Å². The van der Waals surface area contributed by atoms with Crippen LogP contribution in [0.5, 0.6) is 0 Å². The summed E-state index contributed by atoms with van der Waals surface area (Å²) < 4.78 is 58.4. The summed E-state index contributed by atoms with van der Waals surface area (Å²) in [6.45, 7) is 0.880. The zero-order chi connectivity index (χ0) is 14.7. The molecule has 0 spiro atoms. The fourth-order valence-electron chi connectivity index (χ4n) is 1.23. The van der Waals surface area contributed by atoms with E-state index in [2.05, 4.69) is 4.74 Å². The molecule has 0 aliphatic carbocycles. The van der Waals surface area contributed by atoms with Crippen LogP contribution in [0.25, 0.3) is 0 Å². The molecule has 0 unspecified atom stereocenters. The first-order valence-corrected chi connectivity index (χ1v) is 8.16. The topological polar surface area (TPSA) is 115 Å². The monoisotopic (exact) mass is 308 g/mol. The highest BCUT2D eigenvalue weighted by Crippen LogP contribution is 2.15. The Balaban J connectivity index is 2.88. The smallest absolute Gasteiger partial charge is 0.302 e. The second-order valence-electron chi connectivity index (χ2n) is 3.61. The summed E-state index contributed by atoms with van der Waals surface area (Å²) in [4.78, 5) is 9.99. The van der Waals surface area contributed by atoms with E-state index in [9.17, 15) is 21.6 Å². The van der Waals surface area contributed by atoms with E-state index >= 15 is 0 Å². The maximum absolute atomic E-state index is 11.8. The number of benzene rings is 1. The van der Waals surface area contributed by atoms with Gasteiger partial charge >= 0.3 is 5.97 Å². The number of carbonyl (C=O) groups is 1. The third kappa shape index (κ3) is 4.62. The summed E-state index contributed by atoms with van der Waals surface area (Å²) in [5.74, 6) is -0.991. The van der Waals surface area contributed by atoms with E-state index in [4.69, 9.17) is 4.55 Å². The molecular weight excluding hydrogens is 296 g/mol. The maximum atomic E-state index is 11.8. The summed E-state index contributed by atoms with van der Waals surface area (Å²) in [6.07, 6.45) is 0. The van der Waals surface area contributed by atoms with Crippen LogP contribution in [-0.4, -0.2) is 39.7 Å². The van der Waals surface area contributed by atoms with Crippen LogP contribution in [0.2, 0.25) is 0 Å². The lowest BCUT2D eigenvalue weighted by Crippen LogP contribution is -2.14. The first-order valence-electron chi connectivity index (χ1n) is 5.06. The molecule has 1 rings (SSSR count). The second kappa shape index (κ2) is 5.68. The summed E-state index contributed by atoms with van der Waals surface area (Å²) in [5, 5.41) is 0. The maximum Gasteiger partial charge on any atom is 0.302 e. The number of carbonyl (C=O) groups excluding carboxylic acids is 1. The lowest BCUT2D eigenvalue weighted by atomic mass is 10.4. The normalized spacial score (nSPS) is 12.1. The molecule has 0 aliphatic heterocycles. The van der Waals surface area contributed by atoms with E-state index in [1.165, 1.54) is 0 Å². The summed E-state index contributed by atoms with van der Waals surface area (Å²) in [6, 6.07) is 4.08. The quantitative estimate of drug-likeness (QED) is 0.613. The van der Waals surface area contributed by atoms with Crippen molar-refractivity contribution in [2.24, 2.45) is 0 Å². The molecule has 0 atom stereocenters. The van der Waals surface area contributed by atoms with Gasteiger partial charge in [-0.3, -0.25) is 9.35 Å². The standard InChI is InChI=1S/C10H12O7S2/c1-8(11)17-6-7-18(12,13)9-2-4-10(5-3-9)19(14,15)16/h2-5H,6-7H2,1H3,(H,14,15,16).